The number of fused-ring (bicyclic) bond motifs is 1. The number of benzene rings is 1. The Kier molecular flexibility index (Phi) is 3.71. The molecule has 5 heteroatoms. The number of rotatable bonds is 4. The van der Waals surface area contributed by atoms with Crippen molar-refractivity contribution in [3.63, 3.8) is 0 Å². The molecule has 0 aliphatic rings. The molecule has 0 aliphatic carbocycles. The number of nitrogens with one attached hydrogen (secondary N) is 2. The second-order valence-corrected chi connectivity index (χ2v) is 5.65. The lowest BCUT2D eigenvalue weighted by Crippen LogP contribution is -2.05. The van der Waals surface area contributed by atoms with Crippen molar-refractivity contribution in [2.24, 2.45) is 0 Å². The van der Waals surface area contributed by atoms with Crippen LogP contribution in [0.2, 0.25) is 0 Å². The maximum absolute atomic E-state index is 5.65. The summed E-state index contributed by atoms with van der Waals surface area (Å²) in [7, 11) is 0. The Morgan fingerprint density at radius 1 is 1.09 bits per heavy atom. The highest BCUT2D eigenvalue weighted by molar-refractivity contribution is 5.89. The third-order valence-electron chi connectivity index (χ3n) is 3.22. The molecule has 0 aliphatic heterocycles. The van der Waals surface area contributed by atoms with Crippen LogP contribution in [0.15, 0.2) is 30.3 Å². The summed E-state index contributed by atoms with van der Waals surface area (Å²) >= 11 is 0. The van der Waals surface area contributed by atoms with Crippen molar-refractivity contribution >= 4 is 22.5 Å². The molecule has 0 fully saturated rings. The number of hydrogen-bond donors (Lipinski definition) is 2. The number of aryl methyl sites for hydroxylation is 2. The number of aromatic amines is 1. The fourth-order valence-corrected chi connectivity index (χ4v) is 2.37. The van der Waals surface area contributed by atoms with E-state index in [0.717, 1.165) is 39.8 Å². The van der Waals surface area contributed by atoms with Gasteiger partial charge in [-0.05, 0) is 58.0 Å². The molecule has 114 valence electrons. The van der Waals surface area contributed by atoms with E-state index in [1.165, 1.54) is 0 Å². The predicted molar refractivity (Wildman–Crippen MR) is 88.9 cm³/mol. The van der Waals surface area contributed by atoms with E-state index >= 15 is 0 Å². The highest BCUT2D eigenvalue weighted by Crippen LogP contribution is 2.25. The lowest BCUT2D eigenvalue weighted by Gasteiger charge is -2.11. The zero-order valence-corrected chi connectivity index (χ0v) is 13.3. The van der Waals surface area contributed by atoms with Crippen molar-refractivity contribution in [3.8, 4) is 5.75 Å². The highest BCUT2D eigenvalue weighted by atomic mass is 16.5. The number of anilines is 2. The van der Waals surface area contributed by atoms with E-state index in [1.807, 2.05) is 58.0 Å². The summed E-state index contributed by atoms with van der Waals surface area (Å²) in [6, 6.07) is 9.93. The number of aromatic nitrogens is 3. The van der Waals surface area contributed by atoms with Crippen LogP contribution in [0.25, 0.3) is 11.0 Å². The maximum Gasteiger partial charge on any atom is 0.143 e. The minimum absolute atomic E-state index is 0.172. The fourth-order valence-electron chi connectivity index (χ4n) is 2.37. The number of ether oxygens (including phenoxy) is 1. The molecule has 22 heavy (non-hydrogen) atoms. The lowest BCUT2D eigenvalue weighted by atomic mass is 10.2. The van der Waals surface area contributed by atoms with Crippen molar-refractivity contribution in [1.29, 1.82) is 0 Å². The Morgan fingerprint density at radius 2 is 1.82 bits per heavy atom. The first kappa shape index (κ1) is 14.4. The largest absolute Gasteiger partial charge is 0.491 e. The van der Waals surface area contributed by atoms with Gasteiger partial charge in [-0.1, -0.05) is 0 Å². The third-order valence-corrected chi connectivity index (χ3v) is 3.22. The fraction of sp³-hybridized carbons (Fsp3) is 0.294. The van der Waals surface area contributed by atoms with Crippen molar-refractivity contribution in [2.45, 2.75) is 33.8 Å². The second kappa shape index (κ2) is 5.67. The zero-order valence-electron chi connectivity index (χ0n) is 13.3. The SMILES string of the molecule is Cc1nc(Nc2ccc(OC(C)C)cc2)c2cc(C)[nH]c2n1. The Hall–Kier alpha value is -2.56. The van der Waals surface area contributed by atoms with E-state index in [4.69, 9.17) is 4.74 Å². The molecule has 2 heterocycles. The summed E-state index contributed by atoms with van der Waals surface area (Å²) in [6.45, 7) is 7.93. The minimum Gasteiger partial charge on any atom is -0.491 e. The average molecular weight is 296 g/mol. The van der Waals surface area contributed by atoms with E-state index in [-0.39, 0.29) is 6.10 Å². The topological polar surface area (TPSA) is 62.8 Å². The minimum atomic E-state index is 0.172. The zero-order chi connectivity index (χ0) is 15.7. The van der Waals surface area contributed by atoms with Gasteiger partial charge in [-0.15, -0.1) is 0 Å². The molecule has 0 radical (unpaired) electrons. The quantitative estimate of drug-likeness (QED) is 0.760. The Labute approximate surface area is 129 Å². The van der Waals surface area contributed by atoms with Gasteiger partial charge in [0.2, 0.25) is 0 Å². The molecular formula is C17H20N4O. The van der Waals surface area contributed by atoms with Crippen molar-refractivity contribution in [1.82, 2.24) is 15.0 Å². The number of H-pyrrole nitrogens is 1. The third kappa shape index (κ3) is 3.03. The Morgan fingerprint density at radius 3 is 2.50 bits per heavy atom. The van der Waals surface area contributed by atoms with Crippen LogP contribution in [0.4, 0.5) is 11.5 Å². The van der Waals surface area contributed by atoms with Crippen LogP contribution >= 0.6 is 0 Å². The Balaban J connectivity index is 1.89. The van der Waals surface area contributed by atoms with Crippen molar-refractivity contribution < 1.29 is 4.74 Å². The van der Waals surface area contributed by atoms with E-state index in [2.05, 4.69) is 20.3 Å². The molecule has 2 N–H and O–H groups in total. The molecule has 0 unspecified atom stereocenters. The molecule has 0 bridgehead atoms. The maximum atomic E-state index is 5.65. The molecule has 0 amide bonds. The van der Waals surface area contributed by atoms with Gasteiger partial charge >= 0.3 is 0 Å². The van der Waals surface area contributed by atoms with Crippen molar-refractivity contribution in [2.75, 3.05) is 5.32 Å². The van der Waals surface area contributed by atoms with Crippen LogP contribution < -0.4 is 10.1 Å². The summed E-state index contributed by atoms with van der Waals surface area (Å²) in [5.41, 5.74) is 2.89. The molecule has 3 rings (SSSR count). The first-order valence-corrected chi connectivity index (χ1v) is 7.39. The van der Waals surface area contributed by atoms with Crippen LogP contribution in [-0.4, -0.2) is 21.1 Å². The molecule has 0 saturated carbocycles. The Bertz CT molecular complexity index is 790. The van der Waals surface area contributed by atoms with Crippen LogP contribution in [0.1, 0.15) is 25.4 Å². The molecule has 0 spiro atoms. The van der Waals surface area contributed by atoms with Gasteiger partial charge in [0.1, 0.15) is 23.0 Å². The predicted octanol–water partition coefficient (Wildman–Crippen LogP) is 4.11. The molecule has 5 nitrogen and oxygen atoms in total. The van der Waals surface area contributed by atoms with E-state index in [0.29, 0.717) is 0 Å². The summed E-state index contributed by atoms with van der Waals surface area (Å²) in [5.74, 6) is 2.41. The van der Waals surface area contributed by atoms with Crippen LogP contribution in [0.5, 0.6) is 5.75 Å². The van der Waals surface area contributed by atoms with Gasteiger partial charge in [0, 0.05) is 11.4 Å². The average Bonchev–Trinajstić information content (AvgIpc) is 2.81. The molecule has 3 aromatic rings. The lowest BCUT2D eigenvalue weighted by molar-refractivity contribution is 0.242. The van der Waals surface area contributed by atoms with Gasteiger partial charge in [0.15, 0.2) is 0 Å². The highest BCUT2D eigenvalue weighted by Gasteiger charge is 2.09. The van der Waals surface area contributed by atoms with Gasteiger partial charge in [-0.25, -0.2) is 9.97 Å². The molecular weight excluding hydrogens is 276 g/mol. The second-order valence-electron chi connectivity index (χ2n) is 5.65. The van der Waals surface area contributed by atoms with Gasteiger partial charge < -0.3 is 15.0 Å². The molecule has 0 atom stereocenters. The molecule has 1 aromatic carbocycles. The van der Waals surface area contributed by atoms with Crippen LogP contribution in [0.3, 0.4) is 0 Å². The summed E-state index contributed by atoms with van der Waals surface area (Å²) < 4.78 is 5.65. The number of hydrogen-bond acceptors (Lipinski definition) is 4. The van der Waals surface area contributed by atoms with Gasteiger partial charge in [0.25, 0.3) is 0 Å². The van der Waals surface area contributed by atoms with Crippen LogP contribution in [0, 0.1) is 13.8 Å². The molecule has 0 saturated heterocycles. The summed E-state index contributed by atoms with van der Waals surface area (Å²) in [6.07, 6.45) is 0.172. The molecule has 2 aromatic heterocycles. The normalized spacial score (nSPS) is 11.1. The van der Waals surface area contributed by atoms with E-state index in [9.17, 15) is 0 Å². The van der Waals surface area contributed by atoms with Crippen molar-refractivity contribution in [3.05, 3.63) is 41.9 Å². The smallest absolute Gasteiger partial charge is 0.143 e. The first-order valence-electron chi connectivity index (χ1n) is 7.39. The van der Waals surface area contributed by atoms with Gasteiger partial charge in [-0.2, -0.15) is 0 Å². The monoisotopic (exact) mass is 296 g/mol. The summed E-state index contributed by atoms with van der Waals surface area (Å²) in [5, 5.41) is 4.35. The standard InChI is InChI=1S/C17H20N4O/c1-10(2)22-14-7-5-13(6-8-14)21-17-15-9-11(3)18-16(15)19-12(4)20-17/h5-10H,1-4H3,(H2,18,19,20,21). The van der Waals surface area contributed by atoms with Gasteiger partial charge in [0.05, 0.1) is 11.5 Å². The first-order chi connectivity index (χ1) is 10.5. The summed E-state index contributed by atoms with van der Waals surface area (Å²) in [4.78, 5) is 12.2. The van der Waals surface area contributed by atoms with E-state index < -0.39 is 0 Å². The van der Waals surface area contributed by atoms with Gasteiger partial charge in [-0.3, -0.25) is 0 Å². The van der Waals surface area contributed by atoms with E-state index in [1.54, 1.807) is 0 Å². The number of nitrogens with zero attached hydrogens (tertiary/aromatic N) is 2. The van der Waals surface area contributed by atoms with Crippen LogP contribution in [-0.2, 0) is 0 Å².